The number of hydrogen-bond donors (Lipinski definition) is 2. The molecule has 2 aromatic carbocycles. The van der Waals surface area contributed by atoms with E-state index in [1.165, 1.54) is 6.07 Å². The van der Waals surface area contributed by atoms with E-state index in [2.05, 4.69) is 4.98 Å². The molecule has 33 heavy (non-hydrogen) atoms. The van der Waals surface area contributed by atoms with Crippen molar-refractivity contribution in [1.29, 1.82) is 0 Å². The van der Waals surface area contributed by atoms with E-state index in [1.54, 1.807) is 24.3 Å². The summed E-state index contributed by atoms with van der Waals surface area (Å²) in [5.41, 5.74) is 0.894. The number of fused-ring (bicyclic) bond motifs is 1. The fourth-order valence-electron chi connectivity index (χ4n) is 4.03. The Kier molecular flexibility index (Phi) is 6.74. The molecular weight excluding hydrogens is 459 g/mol. The molecular formula is C24H23ClF3NO4. The maximum atomic E-state index is 13.6. The molecule has 0 bridgehead atoms. The third kappa shape index (κ3) is 5.55. The number of hydrogen-bond acceptors (Lipinski definition) is 3. The van der Waals surface area contributed by atoms with Gasteiger partial charge in [0.25, 0.3) is 0 Å². The molecule has 1 saturated carbocycles. The zero-order valence-electron chi connectivity index (χ0n) is 17.7. The van der Waals surface area contributed by atoms with Crippen LogP contribution in [0.3, 0.4) is 0 Å². The second-order valence-electron chi connectivity index (χ2n) is 8.16. The van der Waals surface area contributed by atoms with E-state index >= 15 is 0 Å². The van der Waals surface area contributed by atoms with Crippen molar-refractivity contribution < 1.29 is 32.5 Å². The second-order valence-corrected chi connectivity index (χ2v) is 8.54. The molecule has 1 aromatic heterocycles. The Hall–Kier alpha value is -2.87. The van der Waals surface area contributed by atoms with Crippen LogP contribution in [0, 0.1) is 0 Å². The molecule has 0 radical (unpaired) electrons. The number of carbonyl (C=O) groups is 1. The molecule has 176 valence electrons. The Morgan fingerprint density at radius 1 is 1.15 bits per heavy atom. The molecule has 0 amide bonds. The molecule has 9 heteroatoms. The summed E-state index contributed by atoms with van der Waals surface area (Å²) >= 11 is 6.37. The first-order chi connectivity index (χ1) is 15.7. The smallest absolute Gasteiger partial charge is 0.419 e. The monoisotopic (exact) mass is 481 g/mol. The lowest BCUT2D eigenvalue weighted by Crippen LogP contribution is -2.16. The van der Waals surface area contributed by atoms with Crippen LogP contribution in [0.4, 0.5) is 13.2 Å². The number of H-pyrrole nitrogens is 1. The number of aliphatic carboxylic acids is 1. The molecule has 2 N–H and O–H groups in total. The third-order valence-corrected chi connectivity index (χ3v) is 6.15. The highest BCUT2D eigenvalue weighted by Gasteiger charge is 2.35. The Balaban J connectivity index is 1.49. The van der Waals surface area contributed by atoms with Crippen LogP contribution in [0.1, 0.15) is 48.9 Å². The van der Waals surface area contributed by atoms with Crippen LogP contribution in [0.25, 0.3) is 10.9 Å². The average Bonchev–Trinajstić information content (AvgIpc) is 3.38. The highest BCUT2D eigenvalue weighted by atomic mass is 35.5. The van der Waals surface area contributed by atoms with Gasteiger partial charge in [0.05, 0.1) is 23.1 Å². The molecule has 1 aliphatic rings. The Bertz CT molecular complexity index is 1150. The molecule has 1 aliphatic carbocycles. The maximum absolute atomic E-state index is 13.6. The minimum absolute atomic E-state index is 0.0576. The number of nitrogens with one attached hydrogen (secondary N) is 1. The van der Waals surface area contributed by atoms with Gasteiger partial charge < -0.3 is 19.6 Å². The van der Waals surface area contributed by atoms with Gasteiger partial charge in [0.2, 0.25) is 0 Å². The lowest BCUT2D eigenvalue weighted by atomic mass is 10.1. The van der Waals surface area contributed by atoms with Crippen molar-refractivity contribution in [2.75, 3.05) is 0 Å². The van der Waals surface area contributed by atoms with Gasteiger partial charge in [-0.1, -0.05) is 17.7 Å². The minimum atomic E-state index is -4.53. The third-order valence-electron chi connectivity index (χ3n) is 5.72. The number of aryl methyl sites for hydroxylation is 1. The van der Waals surface area contributed by atoms with E-state index in [4.69, 9.17) is 26.2 Å². The van der Waals surface area contributed by atoms with Crippen LogP contribution in [-0.2, 0) is 24.0 Å². The van der Waals surface area contributed by atoms with Gasteiger partial charge in [0.1, 0.15) is 18.1 Å². The second kappa shape index (κ2) is 9.55. The van der Waals surface area contributed by atoms with Crippen LogP contribution in [-0.4, -0.2) is 22.2 Å². The summed E-state index contributed by atoms with van der Waals surface area (Å²) < 4.78 is 52.2. The van der Waals surface area contributed by atoms with Crippen molar-refractivity contribution in [2.45, 2.75) is 57.4 Å². The van der Waals surface area contributed by atoms with Crippen LogP contribution in [0.5, 0.6) is 11.5 Å². The zero-order valence-corrected chi connectivity index (χ0v) is 18.4. The Labute approximate surface area is 193 Å². The van der Waals surface area contributed by atoms with Gasteiger partial charge in [-0.3, -0.25) is 4.79 Å². The number of benzene rings is 2. The summed E-state index contributed by atoms with van der Waals surface area (Å²) in [6.45, 7) is -0.0633. The molecule has 0 spiro atoms. The summed E-state index contributed by atoms with van der Waals surface area (Å²) in [4.78, 5) is 13.9. The first-order valence-corrected chi connectivity index (χ1v) is 11.1. The van der Waals surface area contributed by atoms with E-state index in [0.29, 0.717) is 27.4 Å². The predicted octanol–water partition coefficient (Wildman–Crippen LogP) is 6.76. The molecule has 5 nitrogen and oxygen atoms in total. The number of rotatable bonds is 8. The molecule has 0 unspecified atom stereocenters. The average molecular weight is 482 g/mol. The van der Waals surface area contributed by atoms with Crippen molar-refractivity contribution in [2.24, 2.45) is 0 Å². The minimum Gasteiger partial charge on any atom is -0.490 e. The molecule has 0 atom stereocenters. The van der Waals surface area contributed by atoms with Crippen molar-refractivity contribution in [3.63, 3.8) is 0 Å². The number of aromatic amines is 1. The van der Waals surface area contributed by atoms with E-state index in [9.17, 15) is 18.0 Å². The number of carboxylic acid groups (broad SMARTS) is 1. The van der Waals surface area contributed by atoms with E-state index < -0.39 is 17.7 Å². The lowest BCUT2D eigenvalue weighted by molar-refractivity contribution is -0.139. The fraction of sp³-hybridized carbons (Fsp3) is 0.375. The van der Waals surface area contributed by atoms with E-state index in [1.807, 2.05) is 0 Å². The molecule has 3 aromatic rings. The van der Waals surface area contributed by atoms with Crippen LogP contribution in [0.15, 0.2) is 36.4 Å². The van der Waals surface area contributed by atoms with Gasteiger partial charge >= 0.3 is 12.1 Å². The van der Waals surface area contributed by atoms with E-state index in [-0.39, 0.29) is 31.3 Å². The molecule has 0 aliphatic heterocycles. The normalized spacial score (nSPS) is 14.7. The first kappa shape index (κ1) is 23.3. The van der Waals surface area contributed by atoms with Gasteiger partial charge in [0.15, 0.2) is 0 Å². The van der Waals surface area contributed by atoms with Gasteiger partial charge in [0, 0.05) is 16.6 Å². The first-order valence-electron chi connectivity index (χ1n) is 10.7. The topological polar surface area (TPSA) is 71.5 Å². The number of ether oxygens (including phenoxy) is 2. The lowest BCUT2D eigenvalue weighted by Gasteiger charge is -2.19. The Morgan fingerprint density at radius 3 is 2.61 bits per heavy atom. The summed E-state index contributed by atoms with van der Waals surface area (Å²) in [6.07, 6.45) is -1.04. The van der Waals surface area contributed by atoms with Crippen LogP contribution >= 0.6 is 11.6 Å². The number of carboxylic acids is 1. The SMILES string of the molecule is O=C(O)CCc1[nH]c2ccc(OCc3ccc(OC4CCCC4)c(C(F)(F)F)c3)cc2c1Cl. The van der Waals surface area contributed by atoms with Crippen molar-refractivity contribution in [1.82, 2.24) is 4.98 Å². The molecule has 4 rings (SSSR count). The highest BCUT2D eigenvalue weighted by molar-refractivity contribution is 6.36. The summed E-state index contributed by atoms with van der Waals surface area (Å²) in [7, 11) is 0. The van der Waals surface area contributed by atoms with Crippen LogP contribution < -0.4 is 9.47 Å². The number of alkyl halides is 3. The molecule has 1 fully saturated rings. The fourth-order valence-corrected chi connectivity index (χ4v) is 4.33. The summed E-state index contributed by atoms with van der Waals surface area (Å²) in [5, 5.41) is 9.93. The number of halogens is 4. The largest absolute Gasteiger partial charge is 0.490 e. The maximum Gasteiger partial charge on any atom is 0.419 e. The van der Waals surface area contributed by atoms with Gasteiger partial charge in [-0.25, -0.2) is 0 Å². The van der Waals surface area contributed by atoms with Gasteiger partial charge in [-0.05, 0) is 68.0 Å². The molecule has 0 saturated heterocycles. The van der Waals surface area contributed by atoms with Gasteiger partial charge in [-0.2, -0.15) is 13.2 Å². The summed E-state index contributed by atoms with van der Waals surface area (Å²) in [6, 6.07) is 9.10. The quantitative estimate of drug-likeness (QED) is 0.373. The summed E-state index contributed by atoms with van der Waals surface area (Å²) in [5.74, 6) is -0.632. The standard InChI is InChI=1S/C24H23ClF3NO4/c25-23-17-12-16(6-7-19(17)29-20(23)8-10-22(30)31)32-13-14-5-9-21(18(11-14)24(26,27)28)33-15-3-1-2-4-15/h5-7,9,11-12,15,29H,1-4,8,10,13H2,(H,30,31). The Morgan fingerprint density at radius 2 is 1.91 bits per heavy atom. The zero-order chi connectivity index (χ0) is 23.6. The van der Waals surface area contributed by atoms with Crippen molar-refractivity contribution in [3.8, 4) is 11.5 Å². The van der Waals surface area contributed by atoms with E-state index in [0.717, 1.165) is 37.3 Å². The van der Waals surface area contributed by atoms with Gasteiger partial charge in [-0.15, -0.1) is 0 Å². The number of aromatic nitrogens is 1. The predicted molar refractivity (Wildman–Crippen MR) is 118 cm³/mol. The van der Waals surface area contributed by atoms with Crippen molar-refractivity contribution >= 4 is 28.5 Å². The van der Waals surface area contributed by atoms with Crippen molar-refractivity contribution in [3.05, 3.63) is 58.2 Å². The highest BCUT2D eigenvalue weighted by Crippen LogP contribution is 2.39. The molecule has 1 heterocycles. The van der Waals surface area contributed by atoms with Crippen LogP contribution in [0.2, 0.25) is 5.02 Å².